The molecule has 0 bridgehead atoms. The monoisotopic (exact) mass is 372 g/mol. The van der Waals surface area contributed by atoms with E-state index in [-0.39, 0.29) is 18.5 Å². The second-order valence-corrected chi connectivity index (χ2v) is 6.34. The molecule has 0 aliphatic carbocycles. The third-order valence-corrected chi connectivity index (χ3v) is 4.42. The molecule has 134 valence electrons. The van der Waals surface area contributed by atoms with Gasteiger partial charge >= 0.3 is 0 Å². The molecule has 9 heteroatoms. The maximum absolute atomic E-state index is 12.8. The highest BCUT2D eigenvalue weighted by Crippen LogP contribution is 2.25. The molecule has 1 aliphatic heterocycles. The average Bonchev–Trinajstić information content (AvgIpc) is 3.31. The largest absolute Gasteiger partial charge is 0.377 e. The van der Waals surface area contributed by atoms with Gasteiger partial charge in [-0.3, -0.25) is 9.48 Å². The Morgan fingerprint density at radius 3 is 2.88 bits per heavy atom. The predicted molar refractivity (Wildman–Crippen MR) is 93.9 cm³/mol. The molecule has 3 heterocycles. The summed E-state index contributed by atoms with van der Waals surface area (Å²) in [5.41, 5.74) is 0.886. The molecule has 0 N–H and O–H groups in total. The van der Waals surface area contributed by atoms with Crippen molar-refractivity contribution < 1.29 is 9.53 Å². The van der Waals surface area contributed by atoms with Gasteiger partial charge in [0.15, 0.2) is 5.82 Å². The van der Waals surface area contributed by atoms with Gasteiger partial charge in [-0.15, -0.1) is 0 Å². The molecule has 1 atom stereocenters. The van der Waals surface area contributed by atoms with E-state index >= 15 is 0 Å². The van der Waals surface area contributed by atoms with Crippen molar-refractivity contribution in [1.82, 2.24) is 29.4 Å². The van der Waals surface area contributed by atoms with Gasteiger partial charge in [0.05, 0.1) is 30.1 Å². The van der Waals surface area contributed by atoms with Crippen LogP contribution in [0.2, 0.25) is 5.02 Å². The van der Waals surface area contributed by atoms with Gasteiger partial charge in [-0.1, -0.05) is 29.8 Å². The molecule has 8 nitrogen and oxygen atoms in total. The summed E-state index contributed by atoms with van der Waals surface area (Å²) in [6.45, 7) is 1.46. The highest BCUT2D eigenvalue weighted by atomic mass is 35.5. The summed E-state index contributed by atoms with van der Waals surface area (Å²) in [6.07, 6.45) is 4.63. The molecule has 1 aromatic carbocycles. The van der Waals surface area contributed by atoms with Crippen molar-refractivity contribution in [2.24, 2.45) is 0 Å². The van der Waals surface area contributed by atoms with Crippen molar-refractivity contribution in [3.8, 4) is 5.69 Å². The zero-order valence-corrected chi connectivity index (χ0v) is 14.7. The van der Waals surface area contributed by atoms with Crippen molar-refractivity contribution in [3.63, 3.8) is 0 Å². The van der Waals surface area contributed by atoms with Gasteiger partial charge in [0, 0.05) is 12.7 Å². The Morgan fingerprint density at radius 2 is 2.12 bits per heavy atom. The van der Waals surface area contributed by atoms with Crippen molar-refractivity contribution >= 4 is 17.5 Å². The van der Waals surface area contributed by atoms with E-state index in [2.05, 4.69) is 15.2 Å². The molecule has 3 aromatic rings. The van der Waals surface area contributed by atoms with Crippen molar-refractivity contribution in [1.29, 1.82) is 0 Å². The van der Waals surface area contributed by atoms with E-state index in [9.17, 15) is 4.79 Å². The van der Waals surface area contributed by atoms with Crippen LogP contribution in [0.5, 0.6) is 0 Å². The van der Waals surface area contributed by atoms with Crippen molar-refractivity contribution in [2.45, 2.75) is 12.6 Å². The number of halogens is 1. The molecule has 1 aliphatic rings. The van der Waals surface area contributed by atoms with Gasteiger partial charge in [-0.2, -0.15) is 10.2 Å². The lowest BCUT2D eigenvalue weighted by atomic mass is 10.2. The fourth-order valence-electron chi connectivity index (χ4n) is 3.02. The third kappa shape index (κ3) is 3.33. The van der Waals surface area contributed by atoms with Gasteiger partial charge in [0.1, 0.15) is 18.9 Å². The molecule has 1 fully saturated rings. The van der Waals surface area contributed by atoms with Gasteiger partial charge in [-0.05, 0) is 12.1 Å². The number of hydrogen-bond acceptors (Lipinski definition) is 5. The summed E-state index contributed by atoms with van der Waals surface area (Å²) in [7, 11) is 0. The number of rotatable bonds is 4. The Balaban J connectivity index is 1.60. The smallest absolute Gasteiger partial charge is 0.245 e. The van der Waals surface area contributed by atoms with Crippen LogP contribution in [-0.4, -0.2) is 55.1 Å². The SMILES string of the molecule is O=C(Cn1cc(Cl)cn1)N1CCOCC1c1ncnn1-c1ccccc1. The molecule has 4 rings (SSSR count). The Labute approximate surface area is 155 Å². The second-order valence-electron chi connectivity index (χ2n) is 5.90. The van der Waals surface area contributed by atoms with Crippen LogP contribution in [-0.2, 0) is 16.1 Å². The minimum absolute atomic E-state index is 0.0688. The number of para-hydroxylation sites is 1. The number of nitrogens with zero attached hydrogens (tertiary/aromatic N) is 6. The van der Waals surface area contributed by atoms with Crippen LogP contribution < -0.4 is 0 Å². The van der Waals surface area contributed by atoms with Crippen LogP contribution in [0.3, 0.4) is 0 Å². The first-order valence-corrected chi connectivity index (χ1v) is 8.60. The molecule has 1 amide bonds. The molecule has 0 saturated carbocycles. The maximum Gasteiger partial charge on any atom is 0.245 e. The fraction of sp³-hybridized carbons (Fsp3) is 0.294. The molecule has 0 radical (unpaired) electrons. The average molecular weight is 373 g/mol. The summed E-state index contributed by atoms with van der Waals surface area (Å²) in [4.78, 5) is 19.0. The third-order valence-electron chi connectivity index (χ3n) is 4.22. The summed E-state index contributed by atoms with van der Waals surface area (Å²) >= 11 is 5.88. The first-order chi connectivity index (χ1) is 12.7. The number of amides is 1. The van der Waals surface area contributed by atoms with Gasteiger partial charge in [0.25, 0.3) is 0 Å². The van der Waals surface area contributed by atoms with Gasteiger partial charge in [-0.25, -0.2) is 9.67 Å². The molecule has 2 aromatic heterocycles. The van der Waals surface area contributed by atoms with Crippen LogP contribution in [0.4, 0.5) is 0 Å². The van der Waals surface area contributed by atoms with E-state index < -0.39 is 0 Å². The summed E-state index contributed by atoms with van der Waals surface area (Å²) in [5.74, 6) is 0.600. The maximum atomic E-state index is 12.8. The minimum Gasteiger partial charge on any atom is -0.377 e. The van der Waals surface area contributed by atoms with Crippen LogP contribution in [0.1, 0.15) is 11.9 Å². The zero-order valence-electron chi connectivity index (χ0n) is 13.9. The Hall–Kier alpha value is -2.71. The number of benzene rings is 1. The lowest BCUT2D eigenvalue weighted by molar-refractivity contribution is -0.141. The number of carbonyl (C=O) groups excluding carboxylic acids is 1. The van der Waals surface area contributed by atoms with Crippen LogP contribution in [0.25, 0.3) is 5.69 Å². The summed E-state index contributed by atoms with van der Waals surface area (Å²) in [5, 5.41) is 8.90. The van der Waals surface area contributed by atoms with E-state index in [4.69, 9.17) is 16.3 Å². The second kappa shape index (κ2) is 7.27. The summed E-state index contributed by atoms with van der Waals surface area (Å²) in [6, 6.07) is 9.38. The van der Waals surface area contributed by atoms with Crippen molar-refractivity contribution in [3.05, 3.63) is 59.9 Å². The number of morpholine rings is 1. The predicted octanol–water partition coefficient (Wildman–Crippen LogP) is 1.72. The highest BCUT2D eigenvalue weighted by Gasteiger charge is 2.32. The van der Waals surface area contributed by atoms with Gasteiger partial charge < -0.3 is 9.64 Å². The highest BCUT2D eigenvalue weighted by molar-refractivity contribution is 6.30. The fourth-order valence-corrected chi connectivity index (χ4v) is 3.17. The molecular weight excluding hydrogens is 356 g/mol. The number of ether oxygens (including phenoxy) is 1. The zero-order chi connectivity index (χ0) is 17.9. The van der Waals surface area contributed by atoms with Crippen LogP contribution in [0, 0.1) is 0 Å². The molecular formula is C17H17ClN6O2. The van der Waals surface area contributed by atoms with Crippen molar-refractivity contribution in [2.75, 3.05) is 19.8 Å². The molecule has 1 saturated heterocycles. The van der Waals surface area contributed by atoms with Crippen LogP contribution in [0.15, 0.2) is 49.1 Å². The van der Waals surface area contributed by atoms with Gasteiger partial charge in [0.2, 0.25) is 5.91 Å². The lowest BCUT2D eigenvalue weighted by Crippen LogP contribution is -2.45. The van der Waals surface area contributed by atoms with E-state index in [1.807, 2.05) is 30.3 Å². The molecule has 26 heavy (non-hydrogen) atoms. The Kier molecular flexibility index (Phi) is 4.68. The topological polar surface area (TPSA) is 78.1 Å². The first-order valence-electron chi connectivity index (χ1n) is 8.23. The first kappa shape index (κ1) is 16.7. The van der Waals surface area contributed by atoms with Crippen LogP contribution >= 0.6 is 11.6 Å². The van der Waals surface area contributed by atoms with E-state index in [0.717, 1.165) is 5.69 Å². The summed E-state index contributed by atoms with van der Waals surface area (Å²) < 4.78 is 8.88. The quantitative estimate of drug-likeness (QED) is 0.696. The van der Waals surface area contributed by atoms with E-state index in [0.29, 0.717) is 30.6 Å². The minimum atomic E-state index is -0.315. The molecule has 1 unspecified atom stereocenters. The lowest BCUT2D eigenvalue weighted by Gasteiger charge is -2.35. The number of carbonyl (C=O) groups is 1. The van der Waals surface area contributed by atoms with E-state index in [1.165, 1.54) is 17.2 Å². The number of aromatic nitrogens is 5. The Morgan fingerprint density at radius 1 is 1.27 bits per heavy atom. The standard InChI is InChI=1S/C17H17ClN6O2/c18-13-8-20-22(9-13)10-16(25)23-6-7-26-11-15(23)17-19-12-21-24(17)14-4-2-1-3-5-14/h1-5,8-9,12,15H,6-7,10-11H2. The number of hydrogen-bond donors (Lipinski definition) is 0. The molecule has 0 spiro atoms. The van der Waals surface area contributed by atoms with E-state index in [1.54, 1.807) is 15.8 Å². The Bertz CT molecular complexity index is 894. The normalized spacial score (nSPS) is 17.4.